The van der Waals surface area contributed by atoms with E-state index in [1.165, 1.54) is 19.2 Å². The molecule has 2 rings (SSSR count). The van der Waals surface area contributed by atoms with Crippen LogP contribution in [-0.4, -0.2) is 18.2 Å². The van der Waals surface area contributed by atoms with Crippen LogP contribution in [0.4, 0.5) is 0 Å². The number of phenolic OH excluding ortho intramolecular Hbond substituents is 1. The van der Waals surface area contributed by atoms with Gasteiger partial charge in [-0.15, -0.1) is 0 Å². The molecule has 4 heteroatoms. The molecule has 0 aliphatic rings. The van der Waals surface area contributed by atoms with Crippen LogP contribution in [0.15, 0.2) is 42.5 Å². The zero-order valence-corrected chi connectivity index (χ0v) is 10.4. The Balaban J connectivity index is 2.40. The summed E-state index contributed by atoms with van der Waals surface area (Å²) in [6, 6.07) is 12.0. The molecule has 92 valence electrons. The van der Waals surface area contributed by atoms with Crippen molar-refractivity contribution in [3.8, 4) is 16.9 Å². The lowest BCUT2D eigenvalue weighted by molar-refractivity contribution is 0.0597. The molecule has 0 saturated heterocycles. The van der Waals surface area contributed by atoms with Gasteiger partial charge in [0.1, 0.15) is 11.3 Å². The Bertz CT molecular complexity index is 576. The first-order valence-electron chi connectivity index (χ1n) is 5.29. The van der Waals surface area contributed by atoms with Crippen LogP contribution in [0.5, 0.6) is 5.75 Å². The van der Waals surface area contributed by atoms with Crippen molar-refractivity contribution in [2.24, 2.45) is 0 Å². The first-order chi connectivity index (χ1) is 8.61. The minimum Gasteiger partial charge on any atom is -0.507 e. The van der Waals surface area contributed by atoms with Gasteiger partial charge in [0.15, 0.2) is 0 Å². The average Bonchev–Trinajstić information content (AvgIpc) is 2.38. The molecule has 18 heavy (non-hydrogen) atoms. The Morgan fingerprint density at radius 3 is 2.28 bits per heavy atom. The number of aromatic hydroxyl groups is 1. The maximum Gasteiger partial charge on any atom is 0.341 e. The summed E-state index contributed by atoms with van der Waals surface area (Å²) >= 11 is 5.81. The van der Waals surface area contributed by atoms with Crippen LogP contribution in [0.3, 0.4) is 0 Å². The molecule has 0 fully saturated rings. The van der Waals surface area contributed by atoms with Gasteiger partial charge in [-0.05, 0) is 35.4 Å². The molecule has 2 aromatic rings. The number of hydrogen-bond acceptors (Lipinski definition) is 3. The van der Waals surface area contributed by atoms with Crippen molar-refractivity contribution in [2.75, 3.05) is 7.11 Å². The average molecular weight is 263 g/mol. The van der Waals surface area contributed by atoms with Gasteiger partial charge in [0.2, 0.25) is 0 Å². The number of esters is 1. The van der Waals surface area contributed by atoms with E-state index in [0.717, 1.165) is 11.1 Å². The fourth-order valence-electron chi connectivity index (χ4n) is 1.64. The summed E-state index contributed by atoms with van der Waals surface area (Å²) in [4.78, 5) is 11.3. The highest BCUT2D eigenvalue weighted by atomic mass is 35.5. The lowest BCUT2D eigenvalue weighted by Crippen LogP contribution is -2.01. The Hall–Kier alpha value is -2.00. The minimum absolute atomic E-state index is 0.102. The monoisotopic (exact) mass is 262 g/mol. The van der Waals surface area contributed by atoms with E-state index in [1.54, 1.807) is 18.2 Å². The standard InChI is InChI=1S/C14H11ClO3/c1-18-14(17)12-7-4-10(8-13(12)16)9-2-5-11(15)6-3-9/h2-8,16H,1H3. The summed E-state index contributed by atoms with van der Waals surface area (Å²) in [6.07, 6.45) is 0. The van der Waals surface area contributed by atoms with Gasteiger partial charge in [0.25, 0.3) is 0 Å². The van der Waals surface area contributed by atoms with E-state index in [1.807, 2.05) is 12.1 Å². The van der Waals surface area contributed by atoms with Crippen LogP contribution < -0.4 is 0 Å². The summed E-state index contributed by atoms with van der Waals surface area (Å²) in [7, 11) is 1.27. The first kappa shape index (κ1) is 12.5. The predicted molar refractivity (Wildman–Crippen MR) is 69.9 cm³/mol. The number of carbonyl (C=O) groups is 1. The van der Waals surface area contributed by atoms with Crippen molar-refractivity contribution in [1.82, 2.24) is 0 Å². The third-order valence-corrected chi connectivity index (χ3v) is 2.83. The molecule has 0 unspecified atom stereocenters. The summed E-state index contributed by atoms with van der Waals surface area (Å²) in [5, 5.41) is 10.4. The van der Waals surface area contributed by atoms with Crippen molar-refractivity contribution >= 4 is 17.6 Å². The lowest BCUT2D eigenvalue weighted by atomic mass is 10.0. The highest BCUT2D eigenvalue weighted by Crippen LogP contribution is 2.27. The largest absolute Gasteiger partial charge is 0.507 e. The van der Waals surface area contributed by atoms with E-state index in [0.29, 0.717) is 5.02 Å². The summed E-state index contributed by atoms with van der Waals surface area (Å²) in [5.41, 5.74) is 1.86. The van der Waals surface area contributed by atoms with Gasteiger partial charge in [-0.2, -0.15) is 0 Å². The second-order valence-electron chi connectivity index (χ2n) is 3.73. The van der Waals surface area contributed by atoms with Gasteiger partial charge in [-0.25, -0.2) is 4.79 Å². The SMILES string of the molecule is COC(=O)c1ccc(-c2ccc(Cl)cc2)cc1O. The first-order valence-corrected chi connectivity index (χ1v) is 5.67. The molecule has 1 N–H and O–H groups in total. The molecule has 0 amide bonds. The van der Waals surface area contributed by atoms with Crippen LogP contribution in [0.2, 0.25) is 5.02 Å². The maximum absolute atomic E-state index is 11.3. The zero-order valence-electron chi connectivity index (χ0n) is 9.68. The van der Waals surface area contributed by atoms with E-state index in [2.05, 4.69) is 4.74 Å². The van der Waals surface area contributed by atoms with Crippen molar-refractivity contribution in [3.05, 3.63) is 53.1 Å². The molecule has 0 saturated carbocycles. The molecule has 0 spiro atoms. The summed E-state index contributed by atoms with van der Waals surface area (Å²) < 4.78 is 4.56. The quantitative estimate of drug-likeness (QED) is 0.843. The molecule has 0 radical (unpaired) electrons. The highest BCUT2D eigenvalue weighted by molar-refractivity contribution is 6.30. The van der Waals surface area contributed by atoms with Gasteiger partial charge in [-0.3, -0.25) is 0 Å². The van der Waals surface area contributed by atoms with Crippen LogP contribution in [-0.2, 0) is 4.74 Å². The number of ether oxygens (including phenoxy) is 1. The number of methoxy groups -OCH3 is 1. The molecule has 0 aromatic heterocycles. The third-order valence-electron chi connectivity index (χ3n) is 2.58. The molecule has 0 bridgehead atoms. The lowest BCUT2D eigenvalue weighted by Gasteiger charge is -2.06. The number of benzene rings is 2. The van der Waals surface area contributed by atoms with Crippen molar-refractivity contribution in [3.63, 3.8) is 0 Å². The second-order valence-corrected chi connectivity index (χ2v) is 4.17. The van der Waals surface area contributed by atoms with Crippen LogP contribution >= 0.6 is 11.6 Å². The van der Waals surface area contributed by atoms with E-state index < -0.39 is 5.97 Å². The smallest absolute Gasteiger partial charge is 0.341 e. The van der Waals surface area contributed by atoms with Gasteiger partial charge in [0, 0.05) is 5.02 Å². The van der Waals surface area contributed by atoms with Crippen molar-refractivity contribution < 1.29 is 14.6 Å². The molecular formula is C14H11ClO3. The van der Waals surface area contributed by atoms with E-state index in [4.69, 9.17) is 11.6 Å². The van der Waals surface area contributed by atoms with Crippen LogP contribution in [0.1, 0.15) is 10.4 Å². The Labute approximate surface area is 110 Å². The summed E-state index contributed by atoms with van der Waals surface area (Å²) in [5.74, 6) is -0.663. The molecular weight excluding hydrogens is 252 g/mol. The molecule has 0 aliphatic heterocycles. The second kappa shape index (κ2) is 5.10. The minimum atomic E-state index is -0.560. The fraction of sp³-hybridized carbons (Fsp3) is 0.0714. The number of rotatable bonds is 2. The number of carbonyl (C=O) groups excluding carboxylic acids is 1. The molecule has 3 nitrogen and oxygen atoms in total. The van der Waals surface area contributed by atoms with E-state index in [9.17, 15) is 9.90 Å². The highest BCUT2D eigenvalue weighted by Gasteiger charge is 2.12. The van der Waals surface area contributed by atoms with Gasteiger partial charge >= 0.3 is 5.97 Å². The Morgan fingerprint density at radius 2 is 1.72 bits per heavy atom. The molecule has 0 aliphatic carbocycles. The van der Waals surface area contributed by atoms with E-state index in [-0.39, 0.29) is 11.3 Å². The third kappa shape index (κ3) is 2.46. The van der Waals surface area contributed by atoms with Crippen molar-refractivity contribution in [2.45, 2.75) is 0 Å². The van der Waals surface area contributed by atoms with Gasteiger partial charge in [-0.1, -0.05) is 29.8 Å². The Morgan fingerprint density at radius 1 is 1.11 bits per heavy atom. The normalized spacial score (nSPS) is 10.1. The predicted octanol–water partition coefficient (Wildman–Crippen LogP) is 3.50. The molecule has 0 atom stereocenters. The van der Waals surface area contributed by atoms with Gasteiger partial charge < -0.3 is 9.84 Å². The molecule has 0 heterocycles. The number of phenols is 1. The fourth-order valence-corrected chi connectivity index (χ4v) is 1.76. The van der Waals surface area contributed by atoms with Crippen LogP contribution in [0, 0.1) is 0 Å². The van der Waals surface area contributed by atoms with Gasteiger partial charge in [0.05, 0.1) is 7.11 Å². The zero-order chi connectivity index (χ0) is 13.1. The summed E-state index contributed by atoms with van der Waals surface area (Å²) in [6.45, 7) is 0. The maximum atomic E-state index is 11.3. The Kier molecular flexibility index (Phi) is 3.53. The molecule has 2 aromatic carbocycles. The van der Waals surface area contributed by atoms with Crippen LogP contribution in [0.25, 0.3) is 11.1 Å². The van der Waals surface area contributed by atoms with E-state index >= 15 is 0 Å². The number of halogens is 1. The number of hydrogen-bond donors (Lipinski definition) is 1. The topological polar surface area (TPSA) is 46.5 Å². The van der Waals surface area contributed by atoms with Crippen molar-refractivity contribution in [1.29, 1.82) is 0 Å².